The number of carbonyl (C=O) groups is 1. The lowest BCUT2D eigenvalue weighted by molar-refractivity contribution is -0.0479. The van der Waals surface area contributed by atoms with E-state index >= 15 is 0 Å². The van der Waals surface area contributed by atoms with Gasteiger partial charge < -0.3 is 15.3 Å². The van der Waals surface area contributed by atoms with Crippen LogP contribution in [0.15, 0.2) is 16.8 Å². The summed E-state index contributed by atoms with van der Waals surface area (Å²) in [5.41, 5.74) is 3.03. The number of carbonyl (C=O) groups excluding carboxylic acids is 1. The molecule has 4 aliphatic carbocycles. The van der Waals surface area contributed by atoms with E-state index in [4.69, 9.17) is 4.84 Å². The summed E-state index contributed by atoms with van der Waals surface area (Å²) in [6.45, 7) is 14.0. The van der Waals surface area contributed by atoms with Crippen LogP contribution in [0.5, 0.6) is 0 Å². The smallest absolute Gasteiger partial charge is 0.389 e. The molecule has 0 radical (unpaired) electrons. The molecule has 4 rings (SSSR count). The summed E-state index contributed by atoms with van der Waals surface area (Å²) in [4.78, 5) is 19.7. The Bertz CT molecular complexity index is 811. The summed E-state index contributed by atoms with van der Waals surface area (Å²) in [5.74, 6) is 2.61. The first kappa shape index (κ1) is 25.7. The lowest BCUT2D eigenvalue weighted by Crippen LogP contribution is -2.51. The van der Waals surface area contributed by atoms with E-state index in [1.165, 1.54) is 31.3 Å². The fourth-order valence-corrected chi connectivity index (χ4v) is 8.40. The molecule has 7 atom stereocenters. The van der Waals surface area contributed by atoms with Gasteiger partial charge in [-0.25, -0.2) is 4.79 Å². The molecule has 0 unspecified atom stereocenters. The Hall–Kier alpha value is -1.40. The third-order valence-electron chi connectivity index (χ3n) is 10.3. The third kappa shape index (κ3) is 4.57. The van der Waals surface area contributed by atoms with Crippen LogP contribution in [0, 0.1) is 34.5 Å². The van der Waals surface area contributed by atoms with Gasteiger partial charge in [0.2, 0.25) is 0 Å². The molecule has 0 aromatic rings. The van der Waals surface area contributed by atoms with Crippen molar-refractivity contribution < 1.29 is 14.7 Å². The van der Waals surface area contributed by atoms with Crippen LogP contribution in [0.2, 0.25) is 0 Å². The first-order valence-corrected chi connectivity index (χ1v) is 13.8. The van der Waals surface area contributed by atoms with Gasteiger partial charge in [-0.2, -0.15) is 0 Å². The lowest BCUT2D eigenvalue weighted by atomic mass is 9.46. The van der Waals surface area contributed by atoms with Gasteiger partial charge in [0.1, 0.15) is 0 Å². The van der Waals surface area contributed by atoms with Crippen LogP contribution in [0.1, 0.15) is 86.0 Å². The topological polar surface area (TPSA) is 74.2 Å². The maximum Gasteiger partial charge on any atom is 0.436 e. The summed E-state index contributed by atoms with van der Waals surface area (Å²) >= 11 is 0. The molecule has 0 heterocycles. The molecule has 3 fully saturated rings. The number of oxime groups is 1. The second kappa shape index (κ2) is 10.3. The number of aliphatic hydroxyl groups is 1. The highest BCUT2D eigenvalue weighted by Gasteiger charge is 2.59. The number of rotatable bonds is 7. The van der Waals surface area contributed by atoms with E-state index in [2.05, 4.69) is 44.2 Å². The summed E-state index contributed by atoms with van der Waals surface area (Å²) in [6.07, 6.45) is 10.9. The normalized spacial score (nSPS) is 39.5. The molecule has 3 saturated carbocycles. The van der Waals surface area contributed by atoms with E-state index in [0.29, 0.717) is 19.0 Å². The largest absolute Gasteiger partial charge is 0.436 e. The van der Waals surface area contributed by atoms with Crippen LogP contribution < -0.4 is 5.32 Å². The summed E-state index contributed by atoms with van der Waals surface area (Å²) in [7, 11) is 0. The number of hydrogen-bond donors (Lipinski definition) is 2. The molecule has 4 aliphatic rings. The van der Waals surface area contributed by atoms with Crippen molar-refractivity contribution in [2.75, 3.05) is 26.2 Å². The molecule has 0 aliphatic heterocycles. The van der Waals surface area contributed by atoms with E-state index < -0.39 is 0 Å². The van der Waals surface area contributed by atoms with Crippen LogP contribution in [0.4, 0.5) is 4.79 Å². The molecular weight excluding hydrogens is 426 g/mol. The Morgan fingerprint density at radius 3 is 2.71 bits per heavy atom. The van der Waals surface area contributed by atoms with Gasteiger partial charge in [-0.05, 0) is 100 Å². The van der Waals surface area contributed by atoms with Gasteiger partial charge >= 0.3 is 6.09 Å². The van der Waals surface area contributed by atoms with E-state index in [0.717, 1.165) is 62.2 Å². The zero-order valence-electron chi connectivity index (χ0n) is 22.1. The highest BCUT2D eigenvalue weighted by atomic mass is 16.7. The van der Waals surface area contributed by atoms with Crippen molar-refractivity contribution in [2.24, 2.45) is 39.7 Å². The Morgan fingerprint density at radius 1 is 1.18 bits per heavy atom. The predicted molar refractivity (Wildman–Crippen MR) is 137 cm³/mol. The van der Waals surface area contributed by atoms with Crippen LogP contribution in [0.25, 0.3) is 0 Å². The molecular formula is C28H47N3O3. The van der Waals surface area contributed by atoms with Gasteiger partial charge in [-0.1, -0.05) is 37.6 Å². The van der Waals surface area contributed by atoms with Crippen LogP contribution in [-0.4, -0.2) is 54.1 Å². The quantitative estimate of drug-likeness (QED) is 0.171. The first-order valence-electron chi connectivity index (χ1n) is 13.8. The Kier molecular flexibility index (Phi) is 7.78. The first-order chi connectivity index (χ1) is 16.2. The zero-order valence-corrected chi connectivity index (χ0v) is 22.1. The Labute approximate surface area is 206 Å². The highest BCUT2D eigenvalue weighted by Crippen LogP contribution is 2.66. The van der Waals surface area contributed by atoms with E-state index in [-0.39, 0.29) is 23.0 Å². The Morgan fingerprint density at radius 2 is 1.97 bits per heavy atom. The number of hydrogen-bond acceptors (Lipinski definition) is 5. The summed E-state index contributed by atoms with van der Waals surface area (Å²) < 4.78 is 0. The van der Waals surface area contributed by atoms with Crippen molar-refractivity contribution >= 4 is 11.8 Å². The number of likely N-dealkylation sites (N-methyl/N-ethyl adjacent to an activating group) is 2. The lowest BCUT2D eigenvalue weighted by Gasteiger charge is -2.58. The molecule has 0 bridgehead atoms. The number of amides is 1. The van der Waals surface area contributed by atoms with Crippen molar-refractivity contribution in [2.45, 2.75) is 92.1 Å². The minimum Gasteiger partial charge on any atom is -0.389 e. The number of aliphatic hydroxyl groups excluding tert-OH is 1. The molecule has 6 heteroatoms. The SMILES string of the molecule is CCNCCN(CC)C(=O)O/N=C(\C)[C@H]1CC[C@H]2[C@@H]3CCC4=C[C@H](O)CC[C@]4(C)[C@H]3CC[C@]12C. The van der Waals surface area contributed by atoms with E-state index in [9.17, 15) is 9.90 Å². The van der Waals surface area contributed by atoms with Gasteiger partial charge in [-0.3, -0.25) is 4.84 Å². The van der Waals surface area contributed by atoms with E-state index in [1.54, 1.807) is 4.90 Å². The van der Waals surface area contributed by atoms with Crippen molar-refractivity contribution in [3.63, 3.8) is 0 Å². The van der Waals surface area contributed by atoms with Crippen molar-refractivity contribution in [1.82, 2.24) is 10.2 Å². The second-order valence-electron chi connectivity index (χ2n) is 11.8. The summed E-state index contributed by atoms with van der Waals surface area (Å²) in [5, 5.41) is 17.9. The second-order valence-corrected chi connectivity index (χ2v) is 11.8. The molecule has 2 N–H and O–H groups in total. The maximum absolute atomic E-state index is 12.6. The van der Waals surface area contributed by atoms with Crippen molar-refractivity contribution in [3.8, 4) is 0 Å². The number of fused-ring (bicyclic) bond motifs is 5. The standard InChI is InChI=1S/C28H47N3O3/c1-6-29-16-17-31(7-2)26(33)34-30-19(3)23-10-11-24-22-9-8-20-18-21(32)12-14-27(20,4)25(22)13-15-28(23,24)5/h18,21-25,29,32H,6-17H2,1-5H3/b30-19+/t21-,22+,23-,24+,25+,27+,28-/m1/s1. The molecule has 0 aromatic carbocycles. The van der Waals surface area contributed by atoms with Crippen LogP contribution >= 0.6 is 0 Å². The van der Waals surface area contributed by atoms with Crippen molar-refractivity contribution in [1.29, 1.82) is 0 Å². The van der Waals surface area contributed by atoms with Gasteiger partial charge in [0.25, 0.3) is 0 Å². The van der Waals surface area contributed by atoms with Gasteiger partial charge in [0.15, 0.2) is 0 Å². The average molecular weight is 474 g/mol. The van der Waals surface area contributed by atoms with Gasteiger partial charge in [0, 0.05) is 25.6 Å². The zero-order chi connectivity index (χ0) is 24.5. The predicted octanol–water partition coefficient (Wildman–Crippen LogP) is 5.37. The highest BCUT2D eigenvalue weighted by molar-refractivity contribution is 5.85. The number of nitrogens with zero attached hydrogens (tertiary/aromatic N) is 2. The van der Waals surface area contributed by atoms with E-state index in [1.807, 2.05) is 6.92 Å². The van der Waals surface area contributed by atoms with Gasteiger partial charge in [0.05, 0.1) is 11.8 Å². The monoisotopic (exact) mass is 473 g/mol. The molecule has 0 saturated heterocycles. The minimum absolute atomic E-state index is 0.238. The number of nitrogens with one attached hydrogen (secondary N) is 1. The van der Waals surface area contributed by atoms with Crippen LogP contribution in [-0.2, 0) is 4.84 Å². The average Bonchev–Trinajstić information content (AvgIpc) is 3.18. The fraction of sp³-hybridized carbons (Fsp3) is 0.857. The maximum atomic E-state index is 12.6. The molecule has 0 aromatic heterocycles. The molecule has 34 heavy (non-hydrogen) atoms. The Balaban J connectivity index is 1.43. The van der Waals surface area contributed by atoms with Crippen molar-refractivity contribution in [3.05, 3.63) is 11.6 Å². The molecule has 192 valence electrons. The molecule has 1 amide bonds. The third-order valence-corrected chi connectivity index (χ3v) is 10.3. The van der Waals surface area contributed by atoms with Crippen LogP contribution in [0.3, 0.4) is 0 Å². The summed E-state index contributed by atoms with van der Waals surface area (Å²) in [6, 6.07) is 0. The van der Waals surface area contributed by atoms with Gasteiger partial charge in [-0.15, -0.1) is 0 Å². The molecule has 0 spiro atoms. The molecule has 6 nitrogen and oxygen atoms in total. The number of allylic oxidation sites excluding steroid dienone is 1. The minimum atomic E-state index is -0.345. The fourth-order valence-electron chi connectivity index (χ4n) is 8.40.